The second kappa shape index (κ2) is 7.48. The summed E-state index contributed by atoms with van der Waals surface area (Å²) in [6.45, 7) is 7.32. The first-order valence-corrected chi connectivity index (χ1v) is 7.26. The fraction of sp³-hybridized carbons (Fsp3) is 0.857. The van der Waals surface area contributed by atoms with Gasteiger partial charge in [-0.25, -0.2) is 0 Å². The Labute approximate surface area is 115 Å². The average molecular weight is 269 g/mol. The Kier molecular flexibility index (Phi) is 6.28. The minimum atomic E-state index is -0.547. The molecule has 1 rings (SSSR count). The highest BCUT2D eigenvalue weighted by Crippen LogP contribution is 2.26. The Morgan fingerprint density at radius 3 is 2.42 bits per heavy atom. The van der Waals surface area contributed by atoms with Crippen molar-refractivity contribution >= 4 is 11.8 Å². The third-order valence-electron chi connectivity index (χ3n) is 3.87. The largest absolute Gasteiger partial charge is 0.346 e. The van der Waals surface area contributed by atoms with Crippen LogP contribution in [-0.2, 0) is 9.59 Å². The maximum Gasteiger partial charge on any atom is 0.241 e. The molecule has 1 atom stereocenters. The molecule has 1 aliphatic rings. The fourth-order valence-corrected chi connectivity index (χ4v) is 2.09. The topological polar surface area (TPSA) is 75.4 Å². The lowest BCUT2D eigenvalue weighted by atomic mass is 9.85. The minimum Gasteiger partial charge on any atom is -0.346 e. The zero-order chi connectivity index (χ0) is 14.4. The van der Waals surface area contributed by atoms with Gasteiger partial charge in [0.05, 0.1) is 12.6 Å². The van der Waals surface area contributed by atoms with Crippen molar-refractivity contribution in [2.75, 3.05) is 19.6 Å². The van der Waals surface area contributed by atoms with Crippen molar-refractivity contribution in [1.29, 1.82) is 0 Å². The van der Waals surface area contributed by atoms with Crippen LogP contribution < -0.4 is 11.1 Å². The number of rotatable bonds is 7. The highest BCUT2D eigenvalue weighted by atomic mass is 16.2. The Balaban J connectivity index is 2.33. The standard InChI is InChI=1S/C14H27N3O2/c1-4-17(9-11-6-5-7-11)12(18)8-16-14(19)13(15)10(2)3/h10-11,13H,4-9,15H2,1-3H3,(H,16,19)/t13-/m0/s1. The van der Waals surface area contributed by atoms with Crippen molar-refractivity contribution in [2.24, 2.45) is 17.6 Å². The second-order valence-corrected chi connectivity index (χ2v) is 5.72. The zero-order valence-electron chi connectivity index (χ0n) is 12.3. The molecule has 1 aliphatic carbocycles. The molecule has 0 saturated heterocycles. The molecule has 5 heteroatoms. The second-order valence-electron chi connectivity index (χ2n) is 5.72. The summed E-state index contributed by atoms with van der Waals surface area (Å²) >= 11 is 0. The molecule has 3 N–H and O–H groups in total. The lowest BCUT2D eigenvalue weighted by Gasteiger charge is -2.32. The Morgan fingerprint density at radius 2 is 2.00 bits per heavy atom. The Hall–Kier alpha value is -1.10. The number of nitrogens with two attached hydrogens (primary N) is 1. The van der Waals surface area contributed by atoms with Crippen LogP contribution >= 0.6 is 0 Å². The number of hydrogen-bond acceptors (Lipinski definition) is 3. The van der Waals surface area contributed by atoms with E-state index >= 15 is 0 Å². The van der Waals surface area contributed by atoms with Crippen LogP contribution in [0.2, 0.25) is 0 Å². The van der Waals surface area contributed by atoms with Gasteiger partial charge < -0.3 is 16.0 Å². The van der Waals surface area contributed by atoms with Gasteiger partial charge in [0.15, 0.2) is 0 Å². The van der Waals surface area contributed by atoms with Gasteiger partial charge in [-0.1, -0.05) is 20.3 Å². The summed E-state index contributed by atoms with van der Waals surface area (Å²) in [6.07, 6.45) is 3.71. The summed E-state index contributed by atoms with van der Waals surface area (Å²) in [7, 11) is 0. The summed E-state index contributed by atoms with van der Waals surface area (Å²) < 4.78 is 0. The first-order valence-electron chi connectivity index (χ1n) is 7.26. The van der Waals surface area contributed by atoms with Gasteiger partial charge in [-0.15, -0.1) is 0 Å². The summed E-state index contributed by atoms with van der Waals surface area (Å²) in [6, 6.07) is -0.547. The number of carbonyl (C=O) groups is 2. The summed E-state index contributed by atoms with van der Waals surface area (Å²) in [5.74, 6) is 0.464. The molecule has 0 unspecified atom stereocenters. The van der Waals surface area contributed by atoms with E-state index in [2.05, 4.69) is 5.32 Å². The molecular formula is C14H27N3O2. The molecule has 0 aromatic heterocycles. The molecule has 0 spiro atoms. The van der Waals surface area contributed by atoms with Crippen molar-refractivity contribution in [2.45, 2.75) is 46.1 Å². The molecule has 19 heavy (non-hydrogen) atoms. The van der Waals surface area contributed by atoms with E-state index in [-0.39, 0.29) is 24.3 Å². The van der Waals surface area contributed by atoms with E-state index in [1.54, 1.807) is 0 Å². The molecule has 110 valence electrons. The third-order valence-corrected chi connectivity index (χ3v) is 3.87. The van der Waals surface area contributed by atoms with Crippen molar-refractivity contribution < 1.29 is 9.59 Å². The van der Waals surface area contributed by atoms with Crippen LogP contribution in [0.4, 0.5) is 0 Å². The van der Waals surface area contributed by atoms with Gasteiger partial charge in [0, 0.05) is 13.1 Å². The van der Waals surface area contributed by atoms with E-state index in [1.807, 2.05) is 25.7 Å². The quantitative estimate of drug-likeness (QED) is 0.715. The van der Waals surface area contributed by atoms with Gasteiger partial charge in [-0.2, -0.15) is 0 Å². The fourth-order valence-electron chi connectivity index (χ4n) is 2.09. The smallest absolute Gasteiger partial charge is 0.241 e. The highest BCUT2D eigenvalue weighted by Gasteiger charge is 2.23. The number of carbonyl (C=O) groups excluding carboxylic acids is 2. The van der Waals surface area contributed by atoms with E-state index in [1.165, 1.54) is 19.3 Å². The van der Waals surface area contributed by atoms with E-state index in [0.717, 1.165) is 6.54 Å². The maximum absolute atomic E-state index is 12.0. The van der Waals surface area contributed by atoms with Gasteiger partial charge in [0.1, 0.15) is 0 Å². The number of hydrogen-bond donors (Lipinski definition) is 2. The number of nitrogens with one attached hydrogen (secondary N) is 1. The summed E-state index contributed by atoms with van der Waals surface area (Å²) in [5, 5.41) is 2.63. The number of likely N-dealkylation sites (N-methyl/N-ethyl adjacent to an activating group) is 1. The molecule has 5 nitrogen and oxygen atoms in total. The van der Waals surface area contributed by atoms with Crippen molar-refractivity contribution in [3.05, 3.63) is 0 Å². The molecule has 0 bridgehead atoms. The molecule has 0 aromatic carbocycles. The Bertz CT molecular complexity index is 314. The van der Waals surface area contributed by atoms with Crippen LogP contribution in [0.25, 0.3) is 0 Å². The van der Waals surface area contributed by atoms with E-state index < -0.39 is 6.04 Å². The Morgan fingerprint density at radius 1 is 1.37 bits per heavy atom. The normalized spacial score (nSPS) is 16.9. The van der Waals surface area contributed by atoms with Crippen LogP contribution in [0.15, 0.2) is 0 Å². The van der Waals surface area contributed by atoms with Gasteiger partial charge in [0.2, 0.25) is 11.8 Å². The van der Waals surface area contributed by atoms with Crippen molar-refractivity contribution in [1.82, 2.24) is 10.2 Å². The van der Waals surface area contributed by atoms with Crippen molar-refractivity contribution in [3.63, 3.8) is 0 Å². The monoisotopic (exact) mass is 269 g/mol. The molecule has 0 radical (unpaired) electrons. The molecule has 0 aromatic rings. The van der Waals surface area contributed by atoms with Crippen LogP contribution in [-0.4, -0.2) is 42.4 Å². The lowest BCUT2D eigenvalue weighted by Crippen LogP contribution is -2.48. The molecule has 0 aliphatic heterocycles. The number of nitrogens with zero attached hydrogens (tertiary/aromatic N) is 1. The molecule has 2 amide bonds. The SMILES string of the molecule is CCN(CC1CCC1)C(=O)CNC(=O)[C@@H](N)C(C)C. The van der Waals surface area contributed by atoms with Crippen LogP contribution in [0.3, 0.4) is 0 Å². The molecule has 1 fully saturated rings. The maximum atomic E-state index is 12.0. The first-order chi connectivity index (χ1) is 8.95. The van der Waals surface area contributed by atoms with Crippen LogP contribution in [0.5, 0.6) is 0 Å². The third kappa shape index (κ3) is 4.82. The van der Waals surface area contributed by atoms with Crippen LogP contribution in [0, 0.1) is 11.8 Å². The number of amides is 2. The first kappa shape index (κ1) is 16.0. The molecular weight excluding hydrogens is 242 g/mol. The lowest BCUT2D eigenvalue weighted by molar-refractivity contribution is -0.134. The van der Waals surface area contributed by atoms with Gasteiger partial charge >= 0.3 is 0 Å². The van der Waals surface area contributed by atoms with Gasteiger partial charge in [0.25, 0.3) is 0 Å². The van der Waals surface area contributed by atoms with E-state index in [0.29, 0.717) is 12.5 Å². The van der Waals surface area contributed by atoms with E-state index in [4.69, 9.17) is 5.73 Å². The highest BCUT2D eigenvalue weighted by molar-refractivity contribution is 5.87. The van der Waals surface area contributed by atoms with E-state index in [9.17, 15) is 9.59 Å². The summed E-state index contributed by atoms with van der Waals surface area (Å²) in [5.41, 5.74) is 5.73. The van der Waals surface area contributed by atoms with Gasteiger partial charge in [-0.05, 0) is 31.6 Å². The van der Waals surface area contributed by atoms with Gasteiger partial charge in [-0.3, -0.25) is 9.59 Å². The zero-order valence-corrected chi connectivity index (χ0v) is 12.3. The predicted molar refractivity (Wildman–Crippen MR) is 75.4 cm³/mol. The summed E-state index contributed by atoms with van der Waals surface area (Å²) in [4.78, 5) is 25.5. The molecule has 1 saturated carbocycles. The minimum absolute atomic E-state index is 0.0151. The average Bonchev–Trinajstić information content (AvgIpc) is 2.33. The van der Waals surface area contributed by atoms with Crippen molar-refractivity contribution in [3.8, 4) is 0 Å². The van der Waals surface area contributed by atoms with Crippen LogP contribution in [0.1, 0.15) is 40.0 Å². The molecule has 0 heterocycles. The predicted octanol–water partition coefficient (Wildman–Crippen LogP) is 0.735.